The smallest absolute Gasteiger partial charge is 0.258 e. The van der Waals surface area contributed by atoms with E-state index in [2.05, 4.69) is 10.3 Å². The van der Waals surface area contributed by atoms with Gasteiger partial charge in [0.25, 0.3) is 5.91 Å². The van der Waals surface area contributed by atoms with Crippen LogP contribution in [0.1, 0.15) is 60.2 Å². The van der Waals surface area contributed by atoms with Crippen molar-refractivity contribution < 1.29 is 23.5 Å². The molecule has 3 aliphatic rings. The lowest BCUT2D eigenvalue weighted by molar-refractivity contribution is -0.116. The molecule has 0 bridgehead atoms. The molecule has 5 rings (SSSR count). The molecule has 0 saturated carbocycles. The number of hydrogen-bond acceptors (Lipinski definition) is 5. The molecule has 2 aromatic rings. The molecule has 1 aromatic carbocycles. The number of aromatic nitrogens is 1. The first-order valence-electron chi connectivity index (χ1n) is 11.5. The Morgan fingerprint density at radius 2 is 2.00 bits per heavy atom. The number of pyridine rings is 1. The van der Waals surface area contributed by atoms with Gasteiger partial charge in [0, 0.05) is 31.1 Å². The quantitative estimate of drug-likeness (QED) is 0.762. The third-order valence-corrected chi connectivity index (χ3v) is 6.58. The van der Waals surface area contributed by atoms with Crippen molar-refractivity contribution in [1.82, 2.24) is 9.88 Å². The normalized spacial score (nSPS) is 21.8. The van der Waals surface area contributed by atoms with Gasteiger partial charge in [-0.05, 0) is 56.7 Å². The van der Waals surface area contributed by atoms with Gasteiger partial charge < -0.3 is 19.7 Å². The van der Waals surface area contributed by atoms with E-state index in [4.69, 9.17) is 9.47 Å². The summed E-state index contributed by atoms with van der Waals surface area (Å²) >= 11 is 0. The average molecular weight is 454 g/mol. The molecule has 1 fully saturated rings. The fraction of sp³-hybridized carbons (Fsp3) is 0.480. The highest BCUT2D eigenvalue weighted by Gasteiger charge is 2.41. The largest absolute Gasteiger partial charge is 0.487 e. The van der Waals surface area contributed by atoms with Gasteiger partial charge in [-0.25, -0.2) is 9.37 Å². The minimum atomic E-state index is -0.471. The fourth-order valence-electron chi connectivity index (χ4n) is 5.03. The van der Waals surface area contributed by atoms with Crippen LogP contribution in [-0.4, -0.2) is 46.5 Å². The van der Waals surface area contributed by atoms with E-state index >= 15 is 0 Å². The first kappa shape index (κ1) is 21.7. The Hall–Kier alpha value is -3.16. The lowest BCUT2D eigenvalue weighted by Gasteiger charge is -2.23. The van der Waals surface area contributed by atoms with E-state index in [-0.39, 0.29) is 35.8 Å². The number of nitrogens with zero attached hydrogens (tertiary/aromatic N) is 2. The SMILES string of the molecule is Cc1cc2c(c(OC(C)C)c1F)C(=O)N1C[C@@H](Oc3cc4c(cn3)CCC(=O)N4)C[C@@H]1CC2. The van der Waals surface area contributed by atoms with E-state index in [0.717, 1.165) is 23.2 Å². The maximum absolute atomic E-state index is 15.0. The predicted octanol–water partition coefficient (Wildman–Crippen LogP) is 3.81. The van der Waals surface area contributed by atoms with E-state index in [1.807, 2.05) is 13.8 Å². The summed E-state index contributed by atoms with van der Waals surface area (Å²) in [5.74, 6) is -0.209. The molecule has 0 unspecified atom stereocenters. The molecule has 2 atom stereocenters. The van der Waals surface area contributed by atoms with Crippen molar-refractivity contribution in [2.75, 3.05) is 11.9 Å². The molecule has 4 heterocycles. The number of anilines is 1. The van der Waals surface area contributed by atoms with E-state index in [9.17, 15) is 14.0 Å². The summed E-state index contributed by atoms with van der Waals surface area (Å²) in [4.78, 5) is 31.5. The summed E-state index contributed by atoms with van der Waals surface area (Å²) in [6.07, 6.45) is 4.51. The van der Waals surface area contributed by atoms with Crippen molar-refractivity contribution in [3.05, 3.63) is 46.4 Å². The standard InChI is InChI=1S/C25H28FN3O4/c1-13(2)32-24-22-15(8-14(3)23(24)26)4-6-17-9-18(12-29(17)25(22)31)33-21-10-19-16(11-27-21)5-7-20(30)28-19/h8,10-11,13,17-18H,4-7,9,12H2,1-3H3,(H,28,30)/t17-,18-/m0/s1. The maximum Gasteiger partial charge on any atom is 0.258 e. The van der Waals surface area contributed by atoms with Crippen molar-refractivity contribution >= 4 is 17.5 Å². The van der Waals surface area contributed by atoms with E-state index in [1.54, 1.807) is 30.2 Å². The molecule has 0 aliphatic carbocycles. The highest BCUT2D eigenvalue weighted by Crippen LogP contribution is 2.38. The second-order valence-electron chi connectivity index (χ2n) is 9.39. The number of halogens is 1. The van der Waals surface area contributed by atoms with Crippen molar-refractivity contribution in [2.24, 2.45) is 0 Å². The number of ether oxygens (including phenoxy) is 2. The van der Waals surface area contributed by atoms with Crippen LogP contribution in [0.15, 0.2) is 18.3 Å². The Balaban J connectivity index is 1.38. The Labute approximate surface area is 192 Å². The predicted molar refractivity (Wildman–Crippen MR) is 120 cm³/mol. The number of carbonyl (C=O) groups is 2. The van der Waals surface area contributed by atoms with Crippen molar-refractivity contribution in [1.29, 1.82) is 0 Å². The van der Waals surface area contributed by atoms with Crippen LogP contribution in [0.3, 0.4) is 0 Å². The maximum atomic E-state index is 15.0. The molecule has 1 N–H and O–H groups in total. The number of fused-ring (bicyclic) bond motifs is 3. The Morgan fingerprint density at radius 3 is 2.79 bits per heavy atom. The van der Waals surface area contributed by atoms with Gasteiger partial charge in [-0.3, -0.25) is 9.59 Å². The van der Waals surface area contributed by atoms with E-state index in [1.165, 1.54) is 0 Å². The van der Waals surface area contributed by atoms with Crippen LogP contribution >= 0.6 is 0 Å². The molecule has 1 saturated heterocycles. The van der Waals surface area contributed by atoms with Crippen LogP contribution in [0.4, 0.5) is 10.1 Å². The summed E-state index contributed by atoms with van der Waals surface area (Å²) in [6.45, 7) is 5.75. The number of aryl methyl sites for hydroxylation is 3. The zero-order valence-electron chi connectivity index (χ0n) is 19.1. The zero-order valence-corrected chi connectivity index (χ0v) is 19.1. The van der Waals surface area contributed by atoms with Crippen LogP contribution in [0.5, 0.6) is 11.6 Å². The third-order valence-electron chi connectivity index (χ3n) is 6.58. The van der Waals surface area contributed by atoms with E-state index in [0.29, 0.717) is 49.2 Å². The van der Waals surface area contributed by atoms with Gasteiger partial charge in [0.05, 0.1) is 23.9 Å². The Kier molecular flexibility index (Phi) is 5.46. The topological polar surface area (TPSA) is 80.8 Å². The van der Waals surface area contributed by atoms with Crippen LogP contribution in [0.2, 0.25) is 0 Å². The highest BCUT2D eigenvalue weighted by molar-refractivity contribution is 5.99. The van der Waals surface area contributed by atoms with Crippen molar-refractivity contribution in [2.45, 2.75) is 71.1 Å². The first-order valence-corrected chi connectivity index (χ1v) is 11.5. The van der Waals surface area contributed by atoms with Gasteiger partial charge in [0.15, 0.2) is 11.6 Å². The molecule has 0 radical (unpaired) electrons. The summed E-state index contributed by atoms with van der Waals surface area (Å²) in [5.41, 5.74) is 3.39. The molecule has 7 nitrogen and oxygen atoms in total. The summed E-state index contributed by atoms with van der Waals surface area (Å²) in [6, 6.07) is 3.53. The molecule has 1 aromatic heterocycles. The van der Waals surface area contributed by atoms with Crippen molar-refractivity contribution in [3.63, 3.8) is 0 Å². The second kappa shape index (κ2) is 8.32. The molecular weight excluding hydrogens is 425 g/mol. The zero-order chi connectivity index (χ0) is 23.3. The minimum Gasteiger partial charge on any atom is -0.487 e. The van der Waals surface area contributed by atoms with Crippen LogP contribution in [0.25, 0.3) is 0 Å². The van der Waals surface area contributed by atoms with Gasteiger partial charge in [0.2, 0.25) is 11.8 Å². The second-order valence-corrected chi connectivity index (χ2v) is 9.39. The fourth-order valence-corrected chi connectivity index (χ4v) is 5.03. The molecular formula is C25H28FN3O4. The molecule has 33 heavy (non-hydrogen) atoms. The first-order chi connectivity index (χ1) is 15.8. The summed E-state index contributed by atoms with van der Waals surface area (Å²) in [5, 5.41) is 2.86. The van der Waals surface area contributed by atoms with Crippen LogP contribution < -0.4 is 14.8 Å². The molecule has 3 aliphatic heterocycles. The number of amides is 2. The average Bonchev–Trinajstić information content (AvgIpc) is 3.12. The van der Waals surface area contributed by atoms with Gasteiger partial charge >= 0.3 is 0 Å². The number of carbonyl (C=O) groups excluding carboxylic acids is 2. The summed E-state index contributed by atoms with van der Waals surface area (Å²) < 4.78 is 26.9. The molecule has 8 heteroatoms. The minimum absolute atomic E-state index is 0.00231. The number of benzene rings is 1. The number of hydrogen-bond donors (Lipinski definition) is 1. The molecule has 0 spiro atoms. The van der Waals surface area contributed by atoms with Gasteiger partial charge in [-0.2, -0.15) is 0 Å². The van der Waals surface area contributed by atoms with Gasteiger partial charge in [-0.1, -0.05) is 6.07 Å². The third kappa shape index (κ3) is 4.03. The number of nitrogens with one attached hydrogen (secondary N) is 1. The Bertz CT molecular complexity index is 1130. The lowest BCUT2D eigenvalue weighted by atomic mass is 9.97. The van der Waals surface area contributed by atoms with Crippen molar-refractivity contribution in [3.8, 4) is 11.6 Å². The summed E-state index contributed by atoms with van der Waals surface area (Å²) in [7, 11) is 0. The van der Waals surface area contributed by atoms with Gasteiger partial charge in [-0.15, -0.1) is 0 Å². The van der Waals surface area contributed by atoms with Crippen LogP contribution in [0, 0.1) is 12.7 Å². The Morgan fingerprint density at radius 1 is 1.18 bits per heavy atom. The number of rotatable bonds is 4. The monoisotopic (exact) mass is 453 g/mol. The van der Waals surface area contributed by atoms with E-state index < -0.39 is 5.82 Å². The molecule has 2 amide bonds. The highest BCUT2D eigenvalue weighted by atomic mass is 19.1. The van der Waals surface area contributed by atoms with Gasteiger partial charge in [0.1, 0.15) is 6.10 Å². The molecule has 174 valence electrons. The lowest BCUT2D eigenvalue weighted by Crippen LogP contribution is -2.35. The van der Waals surface area contributed by atoms with Crippen LogP contribution in [-0.2, 0) is 17.6 Å².